The minimum absolute atomic E-state index is 0.0311. The van der Waals surface area contributed by atoms with Crippen molar-refractivity contribution >= 4 is 54.6 Å². The zero-order valence-electron chi connectivity index (χ0n) is 14.9. The minimum atomic E-state index is -3.77. The lowest BCUT2D eigenvalue weighted by Gasteiger charge is -2.08. The van der Waals surface area contributed by atoms with Crippen molar-refractivity contribution in [2.24, 2.45) is 0 Å². The molecule has 1 amide bonds. The molecule has 0 aliphatic carbocycles. The molecule has 2 heterocycles. The summed E-state index contributed by atoms with van der Waals surface area (Å²) in [5.74, 6) is 0.103. The predicted octanol–water partition coefficient (Wildman–Crippen LogP) is 4.88. The van der Waals surface area contributed by atoms with Crippen LogP contribution >= 0.6 is 22.9 Å². The second-order valence-electron chi connectivity index (χ2n) is 6.13. The van der Waals surface area contributed by atoms with Gasteiger partial charge < -0.3 is 9.73 Å². The van der Waals surface area contributed by atoms with E-state index in [9.17, 15) is 13.2 Å². The number of hydrogen-bond donors (Lipinski definition) is 2. The summed E-state index contributed by atoms with van der Waals surface area (Å²) in [4.78, 5) is 13.1. The van der Waals surface area contributed by atoms with Crippen LogP contribution in [-0.2, 0) is 16.6 Å². The first-order valence-corrected chi connectivity index (χ1v) is 11.2. The monoisotopic (exact) mass is 446 g/mol. The van der Waals surface area contributed by atoms with E-state index in [4.69, 9.17) is 16.0 Å². The van der Waals surface area contributed by atoms with Crippen LogP contribution in [0.25, 0.3) is 10.1 Å². The molecule has 2 N–H and O–H groups in total. The van der Waals surface area contributed by atoms with Gasteiger partial charge in [0.15, 0.2) is 0 Å². The maximum Gasteiger partial charge on any atom is 0.267 e. The summed E-state index contributed by atoms with van der Waals surface area (Å²) >= 11 is 7.63. The number of furan rings is 1. The Kier molecular flexibility index (Phi) is 5.42. The molecule has 0 saturated heterocycles. The number of sulfonamides is 1. The minimum Gasteiger partial charge on any atom is -0.468 e. The molecule has 2 aromatic carbocycles. The largest absolute Gasteiger partial charge is 0.468 e. The number of fused-ring (bicyclic) bond motifs is 1. The van der Waals surface area contributed by atoms with E-state index in [0.29, 0.717) is 21.3 Å². The fourth-order valence-corrected chi connectivity index (χ4v) is 5.20. The molecule has 9 heteroatoms. The molecule has 0 aliphatic heterocycles. The number of nitrogens with one attached hydrogen (secondary N) is 2. The van der Waals surface area contributed by atoms with Gasteiger partial charge in [0.05, 0.1) is 22.7 Å². The van der Waals surface area contributed by atoms with Crippen LogP contribution in [-0.4, -0.2) is 14.3 Å². The van der Waals surface area contributed by atoms with Gasteiger partial charge in [-0.3, -0.25) is 4.79 Å². The molecule has 0 aliphatic rings. The Morgan fingerprint density at radius 2 is 1.90 bits per heavy atom. The Bertz CT molecular complexity index is 1280. The first-order chi connectivity index (χ1) is 13.9. The molecule has 6 nitrogen and oxygen atoms in total. The van der Waals surface area contributed by atoms with E-state index < -0.39 is 15.9 Å². The van der Waals surface area contributed by atoms with E-state index in [-0.39, 0.29) is 11.4 Å². The van der Waals surface area contributed by atoms with E-state index in [1.54, 1.807) is 24.3 Å². The number of carbonyl (C=O) groups is 1. The van der Waals surface area contributed by atoms with Crippen LogP contribution in [0.1, 0.15) is 15.4 Å². The third kappa shape index (κ3) is 4.20. The Balaban J connectivity index is 1.53. The highest BCUT2D eigenvalue weighted by atomic mass is 35.5. The zero-order valence-corrected chi connectivity index (χ0v) is 17.3. The van der Waals surface area contributed by atoms with E-state index in [1.165, 1.54) is 29.7 Å². The maximum absolute atomic E-state index is 12.7. The zero-order chi connectivity index (χ0) is 20.4. The summed E-state index contributed by atoms with van der Waals surface area (Å²) in [5.41, 5.74) is 0.351. The van der Waals surface area contributed by atoms with Crippen LogP contribution in [0.4, 0.5) is 5.69 Å². The molecule has 29 heavy (non-hydrogen) atoms. The van der Waals surface area contributed by atoms with Gasteiger partial charge in [0.1, 0.15) is 10.6 Å². The molecule has 148 valence electrons. The van der Waals surface area contributed by atoms with Crippen LogP contribution in [0.3, 0.4) is 0 Å². The van der Waals surface area contributed by atoms with Gasteiger partial charge in [0.2, 0.25) is 10.0 Å². The van der Waals surface area contributed by atoms with Gasteiger partial charge in [-0.15, -0.1) is 11.3 Å². The summed E-state index contributed by atoms with van der Waals surface area (Å²) in [7, 11) is -3.77. The molecule has 0 unspecified atom stereocenters. The number of rotatable bonds is 6. The molecule has 4 rings (SSSR count). The lowest BCUT2D eigenvalue weighted by molar-refractivity contribution is 0.103. The van der Waals surface area contributed by atoms with E-state index in [2.05, 4.69) is 10.0 Å². The number of amides is 1. The lowest BCUT2D eigenvalue weighted by Crippen LogP contribution is -2.23. The van der Waals surface area contributed by atoms with Crippen molar-refractivity contribution in [2.75, 3.05) is 5.32 Å². The molecule has 0 spiro atoms. The smallest absolute Gasteiger partial charge is 0.267 e. The molecule has 0 atom stereocenters. The Labute approximate surface area is 176 Å². The summed E-state index contributed by atoms with van der Waals surface area (Å²) in [6.07, 6.45) is 1.47. The highest BCUT2D eigenvalue weighted by molar-refractivity contribution is 7.89. The number of thiophene rings is 1. The molecule has 0 radical (unpaired) electrons. The van der Waals surface area contributed by atoms with E-state index in [0.717, 1.165) is 10.1 Å². The van der Waals surface area contributed by atoms with Crippen LogP contribution in [0, 0.1) is 0 Å². The molecule has 0 bridgehead atoms. The van der Waals surface area contributed by atoms with Gasteiger partial charge in [0.25, 0.3) is 5.91 Å². The van der Waals surface area contributed by atoms with Gasteiger partial charge in [0, 0.05) is 15.8 Å². The number of anilines is 1. The normalized spacial score (nSPS) is 11.6. The molecular weight excluding hydrogens is 432 g/mol. The van der Waals surface area contributed by atoms with Crippen LogP contribution < -0.4 is 10.0 Å². The maximum atomic E-state index is 12.7. The highest BCUT2D eigenvalue weighted by Crippen LogP contribution is 2.35. The van der Waals surface area contributed by atoms with Gasteiger partial charge in [-0.05, 0) is 36.4 Å². The van der Waals surface area contributed by atoms with Crippen molar-refractivity contribution in [3.63, 3.8) is 0 Å². The number of carbonyl (C=O) groups excluding carboxylic acids is 1. The average Bonchev–Trinajstić information content (AvgIpc) is 3.35. The SMILES string of the molecule is O=C(Nc1cccc(S(=O)(=O)NCc2ccco2)c1)c1sc2ccccc2c1Cl. The van der Waals surface area contributed by atoms with Crippen molar-refractivity contribution in [3.8, 4) is 0 Å². The Morgan fingerprint density at radius 1 is 1.07 bits per heavy atom. The first kappa shape index (κ1) is 19.7. The van der Waals surface area contributed by atoms with Crippen molar-refractivity contribution in [1.29, 1.82) is 0 Å². The van der Waals surface area contributed by atoms with E-state index >= 15 is 0 Å². The van der Waals surface area contributed by atoms with Gasteiger partial charge >= 0.3 is 0 Å². The fraction of sp³-hybridized carbons (Fsp3) is 0.0500. The van der Waals surface area contributed by atoms with Crippen molar-refractivity contribution in [3.05, 3.63) is 82.6 Å². The molecular formula is C20H15ClN2O4S2. The average molecular weight is 447 g/mol. The summed E-state index contributed by atoms with van der Waals surface area (Å²) in [6, 6.07) is 16.8. The van der Waals surface area contributed by atoms with Crippen LogP contribution in [0.5, 0.6) is 0 Å². The first-order valence-electron chi connectivity index (χ1n) is 8.54. The van der Waals surface area contributed by atoms with Gasteiger partial charge in [-0.1, -0.05) is 35.9 Å². The molecule has 0 saturated carbocycles. The predicted molar refractivity (Wildman–Crippen MR) is 114 cm³/mol. The van der Waals surface area contributed by atoms with Gasteiger partial charge in [-0.25, -0.2) is 13.1 Å². The Morgan fingerprint density at radius 3 is 2.66 bits per heavy atom. The lowest BCUT2D eigenvalue weighted by atomic mass is 10.2. The fourth-order valence-electron chi connectivity index (χ4n) is 2.75. The van der Waals surface area contributed by atoms with Crippen molar-refractivity contribution in [2.45, 2.75) is 11.4 Å². The third-order valence-electron chi connectivity index (χ3n) is 4.16. The molecule has 2 aromatic heterocycles. The summed E-state index contributed by atoms with van der Waals surface area (Å²) in [5, 5.41) is 3.91. The van der Waals surface area contributed by atoms with Crippen LogP contribution in [0.15, 0.2) is 76.2 Å². The van der Waals surface area contributed by atoms with Crippen LogP contribution in [0.2, 0.25) is 5.02 Å². The third-order valence-corrected chi connectivity index (χ3v) is 7.23. The number of benzene rings is 2. The van der Waals surface area contributed by atoms with Gasteiger partial charge in [-0.2, -0.15) is 0 Å². The quantitative estimate of drug-likeness (QED) is 0.442. The summed E-state index contributed by atoms with van der Waals surface area (Å²) in [6.45, 7) is 0.0311. The summed E-state index contributed by atoms with van der Waals surface area (Å²) < 4.78 is 33.5. The standard InChI is InChI=1S/C20H15ClN2O4S2/c21-18-16-8-1-2-9-17(16)28-19(18)20(24)23-13-5-3-7-15(11-13)29(25,26)22-12-14-6-4-10-27-14/h1-11,22H,12H2,(H,23,24). The second-order valence-corrected chi connectivity index (χ2v) is 9.32. The molecule has 4 aromatic rings. The van der Waals surface area contributed by atoms with Crippen molar-refractivity contribution in [1.82, 2.24) is 4.72 Å². The topological polar surface area (TPSA) is 88.4 Å². The molecule has 0 fully saturated rings. The number of halogens is 1. The van der Waals surface area contributed by atoms with Crippen molar-refractivity contribution < 1.29 is 17.6 Å². The number of hydrogen-bond acceptors (Lipinski definition) is 5. The highest BCUT2D eigenvalue weighted by Gasteiger charge is 2.19. The Hall–Kier alpha value is -2.65. The second kappa shape index (κ2) is 8.00. The van der Waals surface area contributed by atoms with E-state index in [1.807, 2.05) is 24.3 Å².